The van der Waals surface area contributed by atoms with Gasteiger partial charge >= 0.3 is 6.09 Å². The van der Waals surface area contributed by atoms with Crippen molar-refractivity contribution in [3.8, 4) is 11.5 Å². The fraction of sp³-hybridized carbons (Fsp3) is 0.500. The first-order chi connectivity index (χ1) is 8.94. The molecule has 0 saturated heterocycles. The van der Waals surface area contributed by atoms with E-state index in [9.17, 15) is 4.79 Å². The Hall–Kier alpha value is -1.91. The summed E-state index contributed by atoms with van der Waals surface area (Å²) in [4.78, 5) is 11.7. The summed E-state index contributed by atoms with van der Waals surface area (Å²) >= 11 is 0. The molecule has 1 aromatic carbocycles. The second kappa shape index (κ2) is 5.38. The van der Waals surface area contributed by atoms with Crippen molar-refractivity contribution >= 4 is 11.8 Å². The van der Waals surface area contributed by atoms with Crippen molar-refractivity contribution in [2.24, 2.45) is 0 Å². The van der Waals surface area contributed by atoms with Crippen LogP contribution < -0.4 is 14.8 Å². The molecule has 5 nitrogen and oxygen atoms in total. The number of anilines is 1. The number of carbonyl (C=O) groups is 1. The summed E-state index contributed by atoms with van der Waals surface area (Å²) in [5.74, 6) is 1.35. The minimum Gasteiger partial charge on any atom is -0.490 e. The van der Waals surface area contributed by atoms with Crippen LogP contribution >= 0.6 is 0 Å². The number of hydrogen-bond acceptors (Lipinski definition) is 4. The molecule has 1 amide bonds. The quantitative estimate of drug-likeness (QED) is 0.847. The maximum Gasteiger partial charge on any atom is 0.412 e. The summed E-state index contributed by atoms with van der Waals surface area (Å²) < 4.78 is 16.3. The zero-order valence-electron chi connectivity index (χ0n) is 11.5. The fourth-order valence-corrected chi connectivity index (χ4v) is 1.66. The van der Waals surface area contributed by atoms with Crippen LogP contribution in [-0.2, 0) is 4.74 Å². The summed E-state index contributed by atoms with van der Waals surface area (Å²) in [6, 6.07) is 5.29. The maximum atomic E-state index is 11.7. The van der Waals surface area contributed by atoms with Crippen LogP contribution in [0.3, 0.4) is 0 Å². The fourth-order valence-electron chi connectivity index (χ4n) is 1.66. The molecule has 0 radical (unpaired) electrons. The molecule has 5 heteroatoms. The molecule has 0 aliphatic carbocycles. The van der Waals surface area contributed by atoms with Crippen LogP contribution in [0.15, 0.2) is 18.2 Å². The van der Waals surface area contributed by atoms with Crippen LogP contribution in [0.1, 0.15) is 27.2 Å². The van der Waals surface area contributed by atoms with E-state index in [4.69, 9.17) is 14.2 Å². The van der Waals surface area contributed by atoms with Crippen molar-refractivity contribution < 1.29 is 19.0 Å². The van der Waals surface area contributed by atoms with Crippen molar-refractivity contribution in [3.63, 3.8) is 0 Å². The Morgan fingerprint density at radius 3 is 2.58 bits per heavy atom. The van der Waals surface area contributed by atoms with Gasteiger partial charge in [-0.25, -0.2) is 4.79 Å². The van der Waals surface area contributed by atoms with E-state index < -0.39 is 11.7 Å². The molecule has 0 unspecified atom stereocenters. The van der Waals surface area contributed by atoms with Gasteiger partial charge in [0.15, 0.2) is 11.5 Å². The summed E-state index contributed by atoms with van der Waals surface area (Å²) in [6.45, 7) is 6.72. The Morgan fingerprint density at radius 2 is 1.89 bits per heavy atom. The van der Waals surface area contributed by atoms with Gasteiger partial charge in [-0.2, -0.15) is 0 Å². The van der Waals surface area contributed by atoms with Crippen molar-refractivity contribution in [2.75, 3.05) is 18.5 Å². The average Bonchev–Trinajstić information content (AvgIpc) is 2.50. The van der Waals surface area contributed by atoms with Crippen molar-refractivity contribution in [3.05, 3.63) is 18.2 Å². The van der Waals surface area contributed by atoms with Crippen molar-refractivity contribution in [2.45, 2.75) is 32.8 Å². The highest BCUT2D eigenvalue weighted by Crippen LogP contribution is 2.32. The predicted molar refractivity (Wildman–Crippen MR) is 71.9 cm³/mol. The standard InChI is InChI=1S/C14H19NO4/c1-14(2,3)19-13(16)15-10-5-6-11-12(9-10)18-8-4-7-17-11/h5-6,9H,4,7-8H2,1-3H3,(H,15,16). The van der Waals surface area contributed by atoms with Gasteiger partial charge in [0.2, 0.25) is 0 Å². The van der Waals surface area contributed by atoms with Gasteiger partial charge in [-0.1, -0.05) is 0 Å². The molecular formula is C14H19NO4. The molecule has 1 aromatic rings. The van der Waals surface area contributed by atoms with E-state index in [0.29, 0.717) is 30.4 Å². The summed E-state index contributed by atoms with van der Waals surface area (Å²) in [5, 5.41) is 2.67. The van der Waals surface area contributed by atoms with Crippen LogP contribution in [0, 0.1) is 0 Å². The third kappa shape index (κ3) is 4.05. The molecule has 1 aliphatic heterocycles. The minimum absolute atomic E-state index is 0.484. The highest BCUT2D eigenvalue weighted by Gasteiger charge is 2.17. The van der Waals surface area contributed by atoms with Crippen molar-refractivity contribution in [1.82, 2.24) is 0 Å². The van der Waals surface area contributed by atoms with E-state index in [1.807, 2.05) is 20.8 Å². The van der Waals surface area contributed by atoms with Crippen LogP contribution in [0.25, 0.3) is 0 Å². The molecule has 0 spiro atoms. The van der Waals surface area contributed by atoms with Gasteiger partial charge in [0.05, 0.1) is 13.2 Å². The molecule has 0 atom stereocenters. The molecule has 2 rings (SSSR count). The number of ether oxygens (including phenoxy) is 3. The Morgan fingerprint density at radius 1 is 1.21 bits per heavy atom. The summed E-state index contributed by atoms with van der Waals surface area (Å²) in [7, 11) is 0. The molecule has 0 bridgehead atoms. The third-order valence-electron chi connectivity index (χ3n) is 2.39. The normalized spacial score (nSPS) is 14.5. The van der Waals surface area contributed by atoms with Gasteiger partial charge < -0.3 is 14.2 Å². The summed E-state index contributed by atoms with van der Waals surface area (Å²) in [6.07, 6.45) is 0.366. The molecule has 0 saturated carbocycles. The van der Waals surface area contributed by atoms with Crippen LogP contribution in [0.5, 0.6) is 11.5 Å². The molecule has 104 valence electrons. The number of rotatable bonds is 1. The van der Waals surface area contributed by atoms with Gasteiger partial charge in [-0.3, -0.25) is 5.32 Å². The van der Waals surface area contributed by atoms with Crippen LogP contribution in [0.2, 0.25) is 0 Å². The first-order valence-electron chi connectivity index (χ1n) is 6.34. The molecule has 19 heavy (non-hydrogen) atoms. The Kier molecular flexibility index (Phi) is 3.83. The lowest BCUT2D eigenvalue weighted by Gasteiger charge is -2.20. The lowest BCUT2D eigenvalue weighted by atomic mass is 10.2. The van der Waals surface area contributed by atoms with E-state index in [-0.39, 0.29) is 0 Å². The predicted octanol–water partition coefficient (Wildman–Crippen LogP) is 3.19. The average molecular weight is 265 g/mol. The van der Waals surface area contributed by atoms with Crippen LogP contribution in [-0.4, -0.2) is 24.9 Å². The molecule has 0 fully saturated rings. The Labute approximate surface area is 112 Å². The lowest BCUT2D eigenvalue weighted by Crippen LogP contribution is -2.27. The van der Waals surface area contributed by atoms with Gasteiger partial charge in [0.1, 0.15) is 5.60 Å². The van der Waals surface area contributed by atoms with Gasteiger partial charge in [-0.05, 0) is 32.9 Å². The highest BCUT2D eigenvalue weighted by atomic mass is 16.6. The number of amides is 1. The number of nitrogens with one attached hydrogen (secondary N) is 1. The Bertz CT molecular complexity index is 465. The van der Waals surface area contributed by atoms with E-state index in [1.165, 1.54) is 0 Å². The number of carbonyl (C=O) groups excluding carboxylic acids is 1. The largest absolute Gasteiger partial charge is 0.490 e. The summed E-state index contributed by atoms with van der Waals surface area (Å²) in [5.41, 5.74) is 0.105. The minimum atomic E-state index is -0.518. The van der Waals surface area contributed by atoms with Crippen LogP contribution in [0.4, 0.5) is 10.5 Å². The zero-order chi connectivity index (χ0) is 13.9. The molecular weight excluding hydrogens is 246 g/mol. The second-order valence-corrected chi connectivity index (χ2v) is 5.34. The SMILES string of the molecule is CC(C)(C)OC(=O)Nc1ccc2c(c1)OCCCO2. The highest BCUT2D eigenvalue weighted by molar-refractivity contribution is 5.85. The molecule has 1 heterocycles. The lowest BCUT2D eigenvalue weighted by molar-refractivity contribution is 0.0636. The van der Waals surface area contributed by atoms with E-state index >= 15 is 0 Å². The maximum absolute atomic E-state index is 11.7. The van der Waals surface area contributed by atoms with E-state index in [1.54, 1.807) is 18.2 Å². The monoisotopic (exact) mass is 265 g/mol. The third-order valence-corrected chi connectivity index (χ3v) is 2.39. The van der Waals surface area contributed by atoms with E-state index in [0.717, 1.165) is 6.42 Å². The van der Waals surface area contributed by atoms with Gasteiger partial charge in [0, 0.05) is 18.2 Å². The topological polar surface area (TPSA) is 56.8 Å². The van der Waals surface area contributed by atoms with Crippen molar-refractivity contribution in [1.29, 1.82) is 0 Å². The van der Waals surface area contributed by atoms with E-state index in [2.05, 4.69) is 5.32 Å². The number of fused-ring (bicyclic) bond motifs is 1. The zero-order valence-corrected chi connectivity index (χ0v) is 11.5. The second-order valence-electron chi connectivity index (χ2n) is 5.34. The molecule has 1 N–H and O–H groups in total. The number of hydrogen-bond donors (Lipinski definition) is 1. The van der Waals surface area contributed by atoms with Gasteiger partial charge in [0.25, 0.3) is 0 Å². The van der Waals surface area contributed by atoms with Gasteiger partial charge in [-0.15, -0.1) is 0 Å². The molecule has 0 aromatic heterocycles. The number of benzene rings is 1. The first-order valence-corrected chi connectivity index (χ1v) is 6.34. The first kappa shape index (κ1) is 13.5. The Balaban J connectivity index is 2.05. The smallest absolute Gasteiger partial charge is 0.412 e. The molecule has 1 aliphatic rings.